The van der Waals surface area contributed by atoms with E-state index in [1.165, 1.54) is 21.8 Å². The summed E-state index contributed by atoms with van der Waals surface area (Å²) in [5.74, 6) is -0.843. The van der Waals surface area contributed by atoms with Crippen molar-refractivity contribution >= 4 is 61.2 Å². The minimum atomic E-state index is -4.18. The average molecular weight is 857 g/mol. The molecule has 2 aliphatic heterocycles. The highest BCUT2D eigenvalue weighted by Crippen LogP contribution is 2.61. The highest BCUT2D eigenvalue weighted by Gasteiger charge is 2.52. The van der Waals surface area contributed by atoms with E-state index in [1.54, 1.807) is 60.7 Å². The van der Waals surface area contributed by atoms with Gasteiger partial charge in [0, 0.05) is 11.1 Å². The summed E-state index contributed by atoms with van der Waals surface area (Å²) in [4.78, 5) is 50.8. The standard InChI is InChI=1S/C37H33BF2N11O9P/c38-61(56-13-7-12-41,57-15-23-28(53)24(39)36(59-23)50-18-46-26-30(42-16-44-32(26)50)48-34(54)20-8-3-1-4-9-20)60-29-22(14-52)58-37(25(29)40)51-19-47-27-31(43-17-45-33(27)51)49-35(55)21-10-5-2-6-11-21/h1-6,8-11,16-19,22-25,28-29,36-37,52-53H,7,13-15H2,(H-,42,43,44,45,48,49,54,55)/q-1/p+1/t22-,23-,24?,25+,28+,29?,36-,37-,61?/m1/s1. The van der Waals surface area contributed by atoms with Crippen LogP contribution in [-0.2, 0) is 23.0 Å². The molecule has 3 unspecified atom stereocenters. The molecule has 2 fully saturated rings. The number of nitrogens with zero attached hydrogens (tertiary/aromatic N) is 9. The van der Waals surface area contributed by atoms with E-state index in [-0.39, 0.29) is 47.0 Å². The van der Waals surface area contributed by atoms with Gasteiger partial charge in [-0.1, -0.05) is 36.4 Å². The minimum Gasteiger partial charge on any atom is -0.394 e. The quantitative estimate of drug-likeness (QED) is 0.0657. The molecule has 61 heavy (non-hydrogen) atoms. The van der Waals surface area contributed by atoms with E-state index in [2.05, 4.69) is 40.5 Å². The third kappa shape index (κ3) is 8.52. The number of nitrogens with one attached hydrogen (secondary N) is 2. The molecule has 6 aromatic rings. The summed E-state index contributed by atoms with van der Waals surface area (Å²) in [6.45, 7) is -1.73. The number of ether oxygens (including phenoxy) is 2. The zero-order valence-electron chi connectivity index (χ0n) is 31.6. The van der Waals surface area contributed by atoms with Crippen LogP contribution in [0.25, 0.3) is 22.3 Å². The van der Waals surface area contributed by atoms with Crippen molar-refractivity contribution in [2.24, 2.45) is 0 Å². The van der Waals surface area contributed by atoms with Crippen LogP contribution >= 0.6 is 7.82 Å². The molecule has 2 saturated heterocycles. The van der Waals surface area contributed by atoms with Crippen LogP contribution in [-0.4, -0.2) is 125 Å². The summed E-state index contributed by atoms with van der Waals surface area (Å²) in [7, 11) is 2.30. The average Bonchev–Trinajstić information content (AvgIpc) is 4.05. The number of anilines is 2. The highest BCUT2D eigenvalue weighted by molar-refractivity contribution is 7.85. The van der Waals surface area contributed by atoms with Crippen LogP contribution in [0.2, 0.25) is 0 Å². The topological polar surface area (TPSA) is 256 Å². The highest BCUT2D eigenvalue weighted by atomic mass is 31.2. The Kier molecular flexibility index (Phi) is 12.3. The SMILES string of the molecule is [B-][P+](OCCC#N)(OC[C@H]1O[C@@H](n2cnc3c(NC(=O)c4ccccc4)ncnc32)C(F)[C@H]1O)OC1[C@@H](CO)O[C@@H](n2cnc3c(NC(=O)c4ccccc4)ncnc32)[C@H]1F. The number of aliphatic hydroxyl groups excluding tert-OH is 2. The van der Waals surface area contributed by atoms with Crippen molar-refractivity contribution in [1.82, 2.24) is 39.0 Å². The van der Waals surface area contributed by atoms with Crippen LogP contribution in [0.15, 0.2) is 86.0 Å². The molecule has 2 amide bonds. The maximum absolute atomic E-state index is 16.5. The second-order valence-corrected chi connectivity index (χ2v) is 15.4. The fourth-order valence-electron chi connectivity index (χ4n) is 6.72. The van der Waals surface area contributed by atoms with Crippen molar-refractivity contribution in [1.29, 1.82) is 5.26 Å². The number of nitriles is 1. The molecule has 6 heterocycles. The molecule has 313 valence electrons. The fraction of sp³-hybridized carbons (Fsp3) is 0.324. The lowest BCUT2D eigenvalue weighted by Crippen LogP contribution is -2.36. The van der Waals surface area contributed by atoms with E-state index < -0.39 is 82.1 Å². The summed E-state index contributed by atoms with van der Waals surface area (Å²) in [6, 6.07) is 18.6. The molecule has 4 aromatic heterocycles. The van der Waals surface area contributed by atoms with E-state index in [0.29, 0.717) is 11.1 Å². The van der Waals surface area contributed by atoms with Gasteiger partial charge in [0.2, 0.25) is 0 Å². The lowest BCUT2D eigenvalue weighted by atomic mass is 10.1. The van der Waals surface area contributed by atoms with Crippen LogP contribution in [0.1, 0.15) is 39.6 Å². The van der Waals surface area contributed by atoms with Gasteiger partial charge in [-0.2, -0.15) is 12.8 Å². The number of aromatic nitrogens is 8. The maximum Gasteiger partial charge on any atom is 0.256 e. The Morgan fingerprint density at radius 1 is 0.803 bits per heavy atom. The Morgan fingerprint density at radius 3 is 1.85 bits per heavy atom. The predicted octanol–water partition coefficient (Wildman–Crippen LogP) is 3.17. The third-order valence-electron chi connectivity index (χ3n) is 9.71. The normalized spacial score (nSPS) is 24.7. The first-order chi connectivity index (χ1) is 29.6. The van der Waals surface area contributed by atoms with Crippen molar-refractivity contribution in [3.05, 3.63) is 97.1 Å². The fourth-order valence-corrected chi connectivity index (χ4v) is 8.21. The van der Waals surface area contributed by atoms with E-state index in [1.807, 2.05) is 6.07 Å². The number of fused-ring (bicyclic) bond motifs is 2. The van der Waals surface area contributed by atoms with Crippen molar-refractivity contribution in [3.63, 3.8) is 0 Å². The number of hydrogen-bond acceptors (Lipinski definition) is 16. The van der Waals surface area contributed by atoms with Crippen molar-refractivity contribution in [3.8, 4) is 6.07 Å². The van der Waals surface area contributed by atoms with Gasteiger partial charge in [0.15, 0.2) is 64.9 Å². The monoisotopic (exact) mass is 856 g/mol. The zero-order chi connectivity index (χ0) is 42.7. The smallest absolute Gasteiger partial charge is 0.256 e. The summed E-state index contributed by atoms with van der Waals surface area (Å²) in [5.41, 5.74) is 1.10. The van der Waals surface area contributed by atoms with Crippen molar-refractivity contribution in [2.75, 3.05) is 30.5 Å². The van der Waals surface area contributed by atoms with Gasteiger partial charge < -0.3 is 30.3 Å². The number of amides is 2. The molecule has 0 saturated carbocycles. The second kappa shape index (κ2) is 17.9. The van der Waals surface area contributed by atoms with Crippen LogP contribution in [0.4, 0.5) is 20.4 Å². The number of alkyl halides is 2. The summed E-state index contributed by atoms with van der Waals surface area (Å²) in [5, 5.41) is 35.7. The Balaban J connectivity index is 0.969. The molecule has 0 bridgehead atoms. The molecule has 0 aliphatic carbocycles. The molecule has 9 atom stereocenters. The number of imidazole rings is 2. The molecule has 4 N–H and O–H groups in total. The Labute approximate surface area is 345 Å². The largest absolute Gasteiger partial charge is 0.394 e. The zero-order valence-corrected chi connectivity index (χ0v) is 32.5. The number of halogens is 2. The Hall–Kier alpha value is -5.96. The Morgan fingerprint density at radius 2 is 1.33 bits per heavy atom. The van der Waals surface area contributed by atoms with Crippen molar-refractivity contribution < 1.29 is 51.6 Å². The minimum absolute atomic E-state index is 0.0457. The maximum atomic E-state index is 16.5. The number of aliphatic hydroxyl groups is 2. The molecule has 2 aliphatic rings. The predicted molar refractivity (Wildman–Crippen MR) is 210 cm³/mol. The van der Waals surface area contributed by atoms with Gasteiger partial charge in [-0.05, 0) is 24.3 Å². The van der Waals surface area contributed by atoms with E-state index in [0.717, 1.165) is 12.7 Å². The summed E-state index contributed by atoms with van der Waals surface area (Å²) >= 11 is 0. The van der Waals surface area contributed by atoms with Crippen LogP contribution in [0.5, 0.6) is 0 Å². The van der Waals surface area contributed by atoms with Gasteiger partial charge in [0.1, 0.15) is 52.0 Å². The molecular formula is C37H34BF2N11O9P. The molecule has 24 heteroatoms. The second-order valence-electron chi connectivity index (χ2n) is 13.6. The van der Waals surface area contributed by atoms with Crippen LogP contribution < -0.4 is 10.6 Å². The first-order valence-electron chi connectivity index (χ1n) is 18.6. The van der Waals surface area contributed by atoms with Gasteiger partial charge in [-0.3, -0.25) is 18.7 Å². The number of carbonyl (C=O) groups is 2. The van der Waals surface area contributed by atoms with Crippen molar-refractivity contribution in [2.45, 2.75) is 55.6 Å². The molecule has 0 spiro atoms. The van der Waals surface area contributed by atoms with Gasteiger partial charge in [0.25, 0.3) is 11.8 Å². The number of benzene rings is 2. The summed E-state index contributed by atoms with van der Waals surface area (Å²) < 4.78 is 64.0. The van der Waals surface area contributed by atoms with Gasteiger partial charge in [-0.15, -0.1) is 0 Å². The van der Waals surface area contributed by atoms with E-state index in [9.17, 15) is 19.8 Å². The van der Waals surface area contributed by atoms with Gasteiger partial charge in [0.05, 0.1) is 31.8 Å². The molecule has 20 nitrogen and oxygen atoms in total. The molecule has 8 rings (SSSR count). The molecular weight excluding hydrogens is 822 g/mol. The first-order valence-corrected chi connectivity index (χ1v) is 20.2. The van der Waals surface area contributed by atoms with Gasteiger partial charge in [-0.25, -0.2) is 52.3 Å². The molecule has 2 aromatic carbocycles. The van der Waals surface area contributed by atoms with Crippen LogP contribution in [0.3, 0.4) is 0 Å². The molecule has 3 radical (unpaired) electrons. The lowest BCUT2D eigenvalue weighted by molar-refractivity contribution is -0.0544. The number of hydrogen-bond donors (Lipinski definition) is 4. The Bertz CT molecular complexity index is 2560. The van der Waals surface area contributed by atoms with E-state index >= 15 is 8.78 Å². The lowest BCUT2D eigenvalue weighted by Gasteiger charge is -2.35. The third-order valence-corrected chi connectivity index (χ3v) is 11.3. The first kappa shape index (κ1) is 41.8. The number of rotatable bonds is 15. The summed E-state index contributed by atoms with van der Waals surface area (Å²) in [6.07, 6.45) is -8.79. The van der Waals surface area contributed by atoms with Crippen LogP contribution in [0, 0.1) is 11.3 Å². The number of carbonyl (C=O) groups excluding carboxylic acids is 2. The van der Waals surface area contributed by atoms with E-state index in [4.69, 9.17) is 35.9 Å². The van der Waals surface area contributed by atoms with Gasteiger partial charge >= 0.3 is 0 Å².